The van der Waals surface area contributed by atoms with Gasteiger partial charge in [-0.1, -0.05) is 0 Å². The number of nitrogens with two attached hydrogens (primary N) is 1. The van der Waals surface area contributed by atoms with E-state index in [9.17, 15) is 0 Å². The molecule has 0 unspecified atom stereocenters. The van der Waals surface area contributed by atoms with Crippen LogP contribution in [0.4, 0.5) is 5.69 Å². The highest BCUT2D eigenvalue weighted by molar-refractivity contribution is 5.49. The van der Waals surface area contributed by atoms with Crippen molar-refractivity contribution in [1.29, 1.82) is 0 Å². The van der Waals surface area contributed by atoms with E-state index in [-0.39, 0.29) is 6.10 Å². The molecular formula is C8H12N2O. The Hall–Kier alpha value is -1.25. The predicted molar refractivity (Wildman–Crippen MR) is 44.4 cm³/mol. The molecule has 1 heterocycles. The molecule has 0 fully saturated rings. The molecule has 2 N–H and O–H groups in total. The van der Waals surface area contributed by atoms with Gasteiger partial charge in [0.1, 0.15) is 5.75 Å². The predicted octanol–water partition coefficient (Wildman–Crippen LogP) is 1.45. The van der Waals surface area contributed by atoms with Gasteiger partial charge < -0.3 is 10.5 Å². The number of nitrogen functional groups attached to an aromatic ring is 1. The van der Waals surface area contributed by atoms with Crippen LogP contribution in [0.1, 0.15) is 13.8 Å². The van der Waals surface area contributed by atoms with Crippen molar-refractivity contribution in [3.05, 3.63) is 18.5 Å². The van der Waals surface area contributed by atoms with E-state index < -0.39 is 0 Å². The number of pyridine rings is 1. The van der Waals surface area contributed by atoms with E-state index in [1.807, 2.05) is 13.8 Å². The summed E-state index contributed by atoms with van der Waals surface area (Å²) in [5, 5.41) is 0. The fraction of sp³-hybridized carbons (Fsp3) is 0.375. The first-order chi connectivity index (χ1) is 5.20. The van der Waals surface area contributed by atoms with Crippen LogP contribution in [0.3, 0.4) is 0 Å². The Balaban J connectivity index is 2.78. The van der Waals surface area contributed by atoms with Gasteiger partial charge in [-0.15, -0.1) is 0 Å². The minimum atomic E-state index is 0.152. The van der Waals surface area contributed by atoms with Crippen molar-refractivity contribution in [2.45, 2.75) is 20.0 Å². The molecule has 11 heavy (non-hydrogen) atoms. The number of nitrogens with zero attached hydrogens (tertiary/aromatic N) is 1. The summed E-state index contributed by atoms with van der Waals surface area (Å²) in [6.45, 7) is 3.92. The van der Waals surface area contributed by atoms with E-state index in [0.29, 0.717) is 11.4 Å². The van der Waals surface area contributed by atoms with Gasteiger partial charge in [-0.05, 0) is 13.8 Å². The highest BCUT2D eigenvalue weighted by Gasteiger charge is 2.00. The van der Waals surface area contributed by atoms with E-state index >= 15 is 0 Å². The minimum absolute atomic E-state index is 0.152. The third-order valence-corrected chi connectivity index (χ3v) is 1.17. The van der Waals surface area contributed by atoms with Crippen LogP contribution in [-0.2, 0) is 0 Å². The highest BCUT2D eigenvalue weighted by Crippen LogP contribution is 2.19. The number of aromatic nitrogens is 1. The number of hydrogen-bond acceptors (Lipinski definition) is 3. The van der Waals surface area contributed by atoms with Crippen molar-refractivity contribution in [3.8, 4) is 5.75 Å². The van der Waals surface area contributed by atoms with Crippen molar-refractivity contribution >= 4 is 5.69 Å². The van der Waals surface area contributed by atoms with Gasteiger partial charge in [0, 0.05) is 12.3 Å². The van der Waals surface area contributed by atoms with Gasteiger partial charge in [0.25, 0.3) is 0 Å². The van der Waals surface area contributed by atoms with Gasteiger partial charge >= 0.3 is 0 Å². The van der Waals surface area contributed by atoms with Crippen molar-refractivity contribution in [3.63, 3.8) is 0 Å². The van der Waals surface area contributed by atoms with Crippen molar-refractivity contribution in [2.75, 3.05) is 5.73 Å². The van der Waals surface area contributed by atoms with Crippen molar-refractivity contribution in [2.24, 2.45) is 0 Å². The molecule has 60 valence electrons. The van der Waals surface area contributed by atoms with E-state index in [0.717, 1.165) is 0 Å². The molecule has 3 nitrogen and oxygen atoms in total. The van der Waals surface area contributed by atoms with Gasteiger partial charge in [0.15, 0.2) is 0 Å². The third kappa shape index (κ3) is 2.11. The zero-order valence-corrected chi connectivity index (χ0v) is 6.74. The fourth-order valence-corrected chi connectivity index (χ4v) is 0.755. The maximum atomic E-state index is 5.58. The highest BCUT2D eigenvalue weighted by atomic mass is 16.5. The van der Waals surface area contributed by atoms with Crippen molar-refractivity contribution in [1.82, 2.24) is 4.98 Å². The Kier molecular flexibility index (Phi) is 2.31. The van der Waals surface area contributed by atoms with Gasteiger partial charge in [0.05, 0.1) is 18.0 Å². The molecule has 0 bridgehead atoms. The molecule has 1 aromatic heterocycles. The summed E-state index contributed by atoms with van der Waals surface area (Å²) >= 11 is 0. The average Bonchev–Trinajstić information content (AvgIpc) is 1.93. The molecule has 3 heteroatoms. The Morgan fingerprint density at radius 1 is 1.55 bits per heavy atom. The first-order valence-corrected chi connectivity index (χ1v) is 3.56. The van der Waals surface area contributed by atoms with Gasteiger partial charge in [-0.3, -0.25) is 4.98 Å². The summed E-state index contributed by atoms with van der Waals surface area (Å²) < 4.78 is 5.38. The summed E-state index contributed by atoms with van der Waals surface area (Å²) in [6.07, 6.45) is 3.39. The molecule has 0 saturated heterocycles. The lowest BCUT2D eigenvalue weighted by atomic mass is 10.4. The summed E-state index contributed by atoms with van der Waals surface area (Å²) in [4.78, 5) is 3.85. The number of hydrogen-bond donors (Lipinski definition) is 1. The Bertz CT molecular complexity index is 235. The van der Waals surface area contributed by atoms with Gasteiger partial charge in [-0.25, -0.2) is 0 Å². The molecule has 0 radical (unpaired) electrons. The number of anilines is 1. The van der Waals surface area contributed by atoms with E-state index in [2.05, 4.69) is 4.98 Å². The molecule has 0 aliphatic rings. The standard InChI is InChI=1S/C8H12N2O/c1-6(2)11-8-3-4-10-5-7(8)9/h3-6H,9H2,1-2H3. The molecule has 0 aliphatic carbocycles. The Labute approximate surface area is 66.2 Å². The first-order valence-electron chi connectivity index (χ1n) is 3.56. The molecule has 0 aliphatic heterocycles. The van der Waals surface area contributed by atoms with Crippen LogP contribution >= 0.6 is 0 Å². The molecule has 0 saturated carbocycles. The summed E-state index contributed by atoms with van der Waals surface area (Å²) in [6, 6.07) is 1.76. The Morgan fingerprint density at radius 2 is 2.27 bits per heavy atom. The third-order valence-electron chi connectivity index (χ3n) is 1.17. The zero-order chi connectivity index (χ0) is 8.27. The quantitative estimate of drug-likeness (QED) is 0.697. The Morgan fingerprint density at radius 3 is 2.82 bits per heavy atom. The number of ether oxygens (including phenoxy) is 1. The summed E-state index contributed by atoms with van der Waals surface area (Å²) in [7, 11) is 0. The fourth-order valence-electron chi connectivity index (χ4n) is 0.755. The SMILES string of the molecule is CC(C)Oc1ccncc1N. The second-order valence-corrected chi connectivity index (χ2v) is 2.58. The second-order valence-electron chi connectivity index (χ2n) is 2.58. The molecular weight excluding hydrogens is 140 g/mol. The van der Waals surface area contributed by atoms with Crippen LogP contribution in [0, 0.1) is 0 Å². The molecule has 0 atom stereocenters. The monoisotopic (exact) mass is 152 g/mol. The average molecular weight is 152 g/mol. The van der Waals surface area contributed by atoms with Gasteiger partial charge in [-0.2, -0.15) is 0 Å². The lowest BCUT2D eigenvalue weighted by Gasteiger charge is -2.10. The van der Waals surface area contributed by atoms with Crippen LogP contribution in [0.15, 0.2) is 18.5 Å². The smallest absolute Gasteiger partial charge is 0.145 e. The maximum absolute atomic E-state index is 5.58. The first kappa shape index (κ1) is 7.85. The van der Waals surface area contributed by atoms with Crippen LogP contribution < -0.4 is 10.5 Å². The molecule has 0 spiro atoms. The van der Waals surface area contributed by atoms with Crippen LogP contribution in [0.25, 0.3) is 0 Å². The molecule has 0 amide bonds. The van der Waals surface area contributed by atoms with E-state index in [4.69, 9.17) is 10.5 Å². The van der Waals surface area contributed by atoms with E-state index in [1.54, 1.807) is 18.5 Å². The minimum Gasteiger partial charge on any atom is -0.489 e. The van der Waals surface area contributed by atoms with Gasteiger partial charge in [0.2, 0.25) is 0 Å². The normalized spacial score (nSPS) is 10.1. The van der Waals surface area contributed by atoms with Crippen LogP contribution in [0.5, 0.6) is 5.75 Å². The number of rotatable bonds is 2. The van der Waals surface area contributed by atoms with Crippen LogP contribution in [0.2, 0.25) is 0 Å². The lowest BCUT2D eigenvalue weighted by Crippen LogP contribution is -2.07. The topological polar surface area (TPSA) is 48.1 Å². The second kappa shape index (κ2) is 3.23. The van der Waals surface area contributed by atoms with Crippen molar-refractivity contribution < 1.29 is 4.74 Å². The summed E-state index contributed by atoms with van der Waals surface area (Å²) in [5.74, 6) is 0.704. The largest absolute Gasteiger partial charge is 0.489 e. The summed E-state index contributed by atoms with van der Waals surface area (Å²) in [5.41, 5.74) is 6.17. The zero-order valence-electron chi connectivity index (χ0n) is 6.74. The molecule has 0 aromatic carbocycles. The van der Waals surface area contributed by atoms with E-state index in [1.165, 1.54) is 0 Å². The van der Waals surface area contributed by atoms with Crippen LogP contribution in [-0.4, -0.2) is 11.1 Å². The maximum Gasteiger partial charge on any atom is 0.145 e. The molecule has 1 aromatic rings. The lowest BCUT2D eigenvalue weighted by molar-refractivity contribution is 0.243. The molecule has 1 rings (SSSR count).